The second kappa shape index (κ2) is 7.46. The van der Waals surface area contributed by atoms with Gasteiger partial charge in [-0.3, -0.25) is 14.7 Å². The lowest BCUT2D eigenvalue weighted by molar-refractivity contribution is 0.0222. The predicted molar refractivity (Wildman–Crippen MR) is 103 cm³/mol. The number of nitrogens with zero attached hydrogens (tertiary/aromatic N) is 2. The number of hydrogen-bond acceptors (Lipinski definition) is 5. The topological polar surface area (TPSA) is 104 Å². The van der Waals surface area contributed by atoms with E-state index < -0.39 is 11.7 Å². The van der Waals surface area contributed by atoms with Crippen molar-refractivity contribution in [3.63, 3.8) is 0 Å². The van der Waals surface area contributed by atoms with Gasteiger partial charge in [-0.25, -0.2) is 4.79 Å². The molecule has 0 saturated heterocycles. The summed E-state index contributed by atoms with van der Waals surface area (Å²) in [6.45, 7) is 7.68. The first-order valence-corrected chi connectivity index (χ1v) is 9.10. The molecule has 148 valence electrons. The van der Waals surface area contributed by atoms with Crippen LogP contribution in [0.5, 0.6) is 0 Å². The highest BCUT2D eigenvalue weighted by Crippen LogP contribution is 2.23. The van der Waals surface area contributed by atoms with Crippen molar-refractivity contribution in [1.82, 2.24) is 15.1 Å². The number of aromatic nitrogens is 2. The van der Waals surface area contributed by atoms with Gasteiger partial charge in [0.25, 0.3) is 5.91 Å². The maximum Gasteiger partial charge on any atom is 0.410 e. The number of aromatic amines is 1. The van der Waals surface area contributed by atoms with Gasteiger partial charge in [0.2, 0.25) is 0 Å². The van der Waals surface area contributed by atoms with Gasteiger partial charge in [-0.2, -0.15) is 5.10 Å². The van der Waals surface area contributed by atoms with E-state index in [-0.39, 0.29) is 23.9 Å². The van der Waals surface area contributed by atoms with Gasteiger partial charge in [0.15, 0.2) is 11.5 Å². The number of amides is 2. The number of Topliss-reactive ketones (excluding diaryl/α,β-unsaturated/α-hetero) is 1. The third-order valence-electron chi connectivity index (χ3n) is 4.35. The Hall–Kier alpha value is -3.16. The SMILES string of the molecule is CC(=O)c1ccc(NC(=O)c2n[nH]c3c2CN(C(=O)OC(C)(C)C)CC3)cc1. The Morgan fingerprint density at radius 1 is 1.18 bits per heavy atom. The van der Waals surface area contributed by atoms with Crippen LogP contribution in [0.15, 0.2) is 24.3 Å². The van der Waals surface area contributed by atoms with Gasteiger partial charge in [0, 0.05) is 35.5 Å². The zero-order valence-corrected chi connectivity index (χ0v) is 16.5. The molecule has 2 amide bonds. The molecule has 0 radical (unpaired) electrons. The minimum Gasteiger partial charge on any atom is -0.444 e. The third-order valence-corrected chi connectivity index (χ3v) is 4.35. The molecular formula is C20H24N4O4. The van der Waals surface area contributed by atoms with Crippen LogP contribution in [0.3, 0.4) is 0 Å². The molecule has 0 spiro atoms. The van der Waals surface area contributed by atoms with Gasteiger partial charge in [0.05, 0.1) is 6.54 Å². The highest BCUT2D eigenvalue weighted by atomic mass is 16.6. The Bertz CT molecular complexity index is 909. The fourth-order valence-corrected chi connectivity index (χ4v) is 2.94. The fourth-order valence-electron chi connectivity index (χ4n) is 2.94. The number of ketones is 1. The van der Waals surface area contributed by atoms with Crippen LogP contribution >= 0.6 is 0 Å². The lowest BCUT2D eigenvalue weighted by Gasteiger charge is -2.30. The van der Waals surface area contributed by atoms with Crippen LogP contribution in [0.2, 0.25) is 0 Å². The second-order valence-electron chi connectivity index (χ2n) is 7.77. The smallest absolute Gasteiger partial charge is 0.410 e. The molecule has 28 heavy (non-hydrogen) atoms. The van der Waals surface area contributed by atoms with E-state index in [4.69, 9.17) is 4.74 Å². The Labute approximate surface area is 163 Å². The lowest BCUT2D eigenvalue weighted by atomic mass is 10.1. The number of ether oxygens (including phenoxy) is 1. The Morgan fingerprint density at radius 3 is 2.46 bits per heavy atom. The summed E-state index contributed by atoms with van der Waals surface area (Å²) in [4.78, 5) is 38.0. The minimum absolute atomic E-state index is 0.0403. The van der Waals surface area contributed by atoms with E-state index in [9.17, 15) is 14.4 Å². The predicted octanol–water partition coefficient (Wildman–Crippen LogP) is 3.16. The number of anilines is 1. The van der Waals surface area contributed by atoms with Crippen molar-refractivity contribution >= 4 is 23.5 Å². The fraction of sp³-hybridized carbons (Fsp3) is 0.400. The molecule has 3 rings (SSSR count). The van der Waals surface area contributed by atoms with Gasteiger partial charge >= 0.3 is 6.09 Å². The summed E-state index contributed by atoms with van der Waals surface area (Å²) in [6, 6.07) is 6.64. The number of rotatable bonds is 3. The molecule has 2 heterocycles. The second-order valence-corrected chi connectivity index (χ2v) is 7.77. The number of fused-ring (bicyclic) bond motifs is 1. The number of carbonyl (C=O) groups excluding carboxylic acids is 3. The molecule has 0 bridgehead atoms. The summed E-state index contributed by atoms with van der Waals surface area (Å²) >= 11 is 0. The van der Waals surface area contributed by atoms with E-state index >= 15 is 0 Å². The van der Waals surface area contributed by atoms with Crippen LogP contribution in [-0.4, -0.2) is 45.0 Å². The first-order valence-electron chi connectivity index (χ1n) is 9.10. The standard InChI is InChI=1S/C20H24N4O4/c1-12(25)13-5-7-14(8-6-13)21-18(26)17-15-11-24(10-9-16(15)22-23-17)19(27)28-20(2,3)4/h5-8H,9-11H2,1-4H3,(H,21,26)(H,22,23). The van der Waals surface area contributed by atoms with Crippen molar-refractivity contribution in [1.29, 1.82) is 0 Å². The third kappa shape index (κ3) is 4.39. The maximum atomic E-state index is 12.7. The van der Waals surface area contributed by atoms with Crippen LogP contribution < -0.4 is 5.32 Å². The molecule has 1 aliphatic rings. The van der Waals surface area contributed by atoms with E-state index in [1.807, 2.05) is 20.8 Å². The zero-order valence-electron chi connectivity index (χ0n) is 16.5. The summed E-state index contributed by atoms with van der Waals surface area (Å²) < 4.78 is 5.42. The summed E-state index contributed by atoms with van der Waals surface area (Å²) in [5.41, 5.74) is 2.33. The van der Waals surface area contributed by atoms with E-state index in [1.54, 1.807) is 29.2 Å². The molecule has 0 atom stereocenters. The van der Waals surface area contributed by atoms with Gasteiger partial charge < -0.3 is 15.0 Å². The summed E-state index contributed by atoms with van der Waals surface area (Å²) in [5, 5.41) is 9.80. The van der Waals surface area contributed by atoms with E-state index in [2.05, 4.69) is 15.5 Å². The molecule has 0 fully saturated rings. The summed E-state index contributed by atoms with van der Waals surface area (Å²) in [6.07, 6.45) is 0.160. The van der Waals surface area contributed by atoms with E-state index in [1.165, 1.54) is 6.92 Å². The van der Waals surface area contributed by atoms with Crippen LogP contribution in [-0.2, 0) is 17.7 Å². The number of benzene rings is 1. The van der Waals surface area contributed by atoms with Crippen molar-refractivity contribution in [2.75, 3.05) is 11.9 Å². The molecule has 2 N–H and O–H groups in total. The summed E-state index contributed by atoms with van der Waals surface area (Å²) in [5.74, 6) is -0.416. The summed E-state index contributed by atoms with van der Waals surface area (Å²) in [7, 11) is 0. The van der Waals surface area contributed by atoms with Crippen LogP contribution in [0, 0.1) is 0 Å². The molecule has 1 aliphatic heterocycles. The van der Waals surface area contributed by atoms with Crippen LogP contribution in [0.25, 0.3) is 0 Å². The van der Waals surface area contributed by atoms with Crippen molar-refractivity contribution in [2.45, 2.75) is 46.3 Å². The average Bonchev–Trinajstić information content (AvgIpc) is 3.04. The van der Waals surface area contributed by atoms with Crippen LogP contribution in [0.4, 0.5) is 10.5 Å². The first-order chi connectivity index (χ1) is 13.1. The van der Waals surface area contributed by atoms with Crippen molar-refractivity contribution in [2.24, 2.45) is 0 Å². The first kappa shape index (κ1) is 19.6. The number of nitrogens with one attached hydrogen (secondary N) is 2. The van der Waals surface area contributed by atoms with Crippen molar-refractivity contribution in [3.8, 4) is 0 Å². The van der Waals surface area contributed by atoms with Gasteiger partial charge in [-0.05, 0) is 52.0 Å². The van der Waals surface area contributed by atoms with E-state index in [0.29, 0.717) is 29.8 Å². The van der Waals surface area contributed by atoms with Gasteiger partial charge in [-0.15, -0.1) is 0 Å². The number of carbonyl (C=O) groups is 3. The maximum absolute atomic E-state index is 12.7. The number of hydrogen-bond donors (Lipinski definition) is 2. The Balaban J connectivity index is 1.73. The Kier molecular flexibility index (Phi) is 5.22. The molecule has 1 aromatic heterocycles. The monoisotopic (exact) mass is 384 g/mol. The lowest BCUT2D eigenvalue weighted by Crippen LogP contribution is -2.40. The molecule has 0 unspecified atom stereocenters. The van der Waals surface area contributed by atoms with Crippen LogP contribution in [0.1, 0.15) is 59.8 Å². The van der Waals surface area contributed by atoms with Gasteiger partial charge in [0.1, 0.15) is 5.60 Å². The minimum atomic E-state index is -0.583. The average molecular weight is 384 g/mol. The highest BCUT2D eigenvalue weighted by molar-refractivity contribution is 6.04. The molecular weight excluding hydrogens is 360 g/mol. The largest absolute Gasteiger partial charge is 0.444 e. The number of H-pyrrole nitrogens is 1. The van der Waals surface area contributed by atoms with E-state index in [0.717, 1.165) is 5.69 Å². The molecule has 8 nitrogen and oxygen atoms in total. The van der Waals surface area contributed by atoms with Gasteiger partial charge in [-0.1, -0.05) is 0 Å². The molecule has 2 aromatic rings. The molecule has 8 heteroatoms. The quantitative estimate of drug-likeness (QED) is 0.791. The normalized spacial score (nSPS) is 13.6. The Morgan fingerprint density at radius 2 is 1.86 bits per heavy atom. The molecule has 0 aliphatic carbocycles. The van der Waals surface area contributed by atoms with Crippen molar-refractivity contribution < 1.29 is 19.1 Å². The zero-order chi connectivity index (χ0) is 20.5. The molecule has 0 saturated carbocycles. The van der Waals surface area contributed by atoms with Crippen molar-refractivity contribution in [3.05, 3.63) is 46.8 Å². The molecule has 1 aromatic carbocycles. The highest BCUT2D eigenvalue weighted by Gasteiger charge is 2.30.